The average Bonchev–Trinajstić information content (AvgIpc) is 3.01. The molecule has 1 saturated heterocycles. The molecule has 0 spiro atoms. The SMILES string of the molecule is O=C(O)CCn1c(=O)c2ccccc2n(CCCCN2CCC(OC(c3ccccc3)c3ccccc3)CC2)c1=O. The highest BCUT2D eigenvalue weighted by Crippen LogP contribution is 2.30. The van der Waals surface area contributed by atoms with Crippen LogP contribution in [0, 0.1) is 0 Å². The van der Waals surface area contributed by atoms with E-state index in [-0.39, 0.29) is 25.2 Å². The van der Waals surface area contributed by atoms with E-state index in [1.54, 1.807) is 22.8 Å². The van der Waals surface area contributed by atoms with Crippen LogP contribution >= 0.6 is 0 Å². The lowest BCUT2D eigenvalue weighted by molar-refractivity contribution is -0.137. The number of hydrogen-bond donors (Lipinski definition) is 1. The van der Waals surface area contributed by atoms with E-state index < -0.39 is 17.2 Å². The van der Waals surface area contributed by atoms with Crippen LogP contribution in [0.4, 0.5) is 0 Å². The molecule has 0 radical (unpaired) electrons. The van der Waals surface area contributed by atoms with Gasteiger partial charge in [0.05, 0.1) is 23.4 Å². The summed E-state index contributed by atoms with van der Waals surface area (Å²) in [5.74, 6) is -1.04. The van der Waals surface area contributed by atoms with Gasteiger partial charge < -0.3 is 14.7 Å². The Labute approximate surface area is 239 Å². The number of carboxylic acid groups (broad SMARTS) is 1. The maximum absolute atomic E-state index is 13.1. The van der Waals surface area contributed by atoms with Gasteiger partial charge in [-0.1, -0.05) is 72.8 Å². The van der Waals surface area contributed by atoms with Gasteiger partial charge in [-0.05, 0) is 55.5 Å². The molecule has 0 aliphatic carbocycles. The fraction of sp³-hybridized carbons (Fsp3) is 0.364. The largest absolute Gasteiger partial charge is 0.481 e. The Morgan fingerprint density at radius 2 is 1.37 bits per heavy atom. The third-order valence-corrected chi connectivity index (χ3v) is 7.86. The van der Waals surface area contributed by atoms with Crippen molar-refractivity contribution in [2.75, 3.05) is 19.6 Å². The van der Waals surface area contributed by atoms with Gasteiger partial charge in [0.2, 0.25) is 0 Å². The number of benzene rings is 3. The van der Waals surface area contributed by atoms with Crippen molar-refractivity contribution in [1.82, 2.24) is 14.0 Å². The Balaban J connectivity index is 1.16. The van der Waals surface area contributed by atoms with Crippen molar-refractivity contribution in [1.29, 1.82) is 0 Å². The van der Waals surface area contributed by atoms with Gasteiger partial charge in [-0.2, -0.15) is 0 Å². The Morgan fingerprint density at radius 3 is 2.00 bits per heavy atom. The van der Waals surface area contributed by atoms with Gasteiger partial charge in [0.15, 0.2) is 0 Å². The summed E-state index contributed by atoms with van der Waals surface area (Å²) in [6.07, 6.45) is 3.46. The van der Waals surface area contributed by atoms with Crippen molar-refractivity contribution in [3.8, 4) is 0 Å². The van der Waals surface area contributed by atoms with E-state index >= 15 is 0 Å². The van der Waals surface area contributed by atoms with Crippen molar-refractivity contribution in [3.05, 3.63) is 117 Å². The van der Waals surface area contributed by atoms with Crippen molar-refractivity contribution in [2.45, 2.75) is 57.4 Å². The molecule has 2 heterocycles. The molecule has 41 heavy (non-hydrogen) atoms. The van der Waals surface area contributed by atoms with Gasteiger partial charge in [-0.3, -0.25) is 18.7 Å². The molecular formula is C33H37N3O5. The summed E-state index contributed by atoms with van der Waals surface area (Å²) in [5, 5.41) is 9.50. The van der Waals surface area contributed by atoms with Crippen LogP contribution in [0.2, 0.25) is 0 Å². The van der Waals surface area contributed by atoms with Crippen molar-refractivity contribution < 1.29 is 14.6 Å². The topological polar surface area (TPSA) is 93.8 Å². The fourth-order valence-electron chi connectivity index (χ4n) is 5.66. The van der Waals surface area contributed by atoms with Crippen LogP contribution in [-0.2, 0) is 22.6 Å². The number of aliphatic carboxylic acids is 1. The number of aromatic nitrogens is 2. The van der Waals surface area contributed by atoms with E-state index in [0.29, 0.717) is 17.4 Å². The molecule has 1 aromatic heterocycles. The maximum Gasteiger partial charge on any atom is 0.331 e. The fourth-order valence-corrected chi connectivity index (χ4v) is 5.66. The number of hydrogen-bond acceptors (Lipinski definition) is 5. The van der Waals surface area contributed by atoms with Gasteiger partial charge >= 0.3 is 11.7 Å². The molecule has 1 aliphatic heterocycles. The number of carboxylic acids is 1. The minimum Gasteiger partial charge on any atom is -0.481 e. The highest BCUT2D eigenvalue weighted by Gasteiger charge is 2.24. The number of nitrogens with zero attached hydrogens (tertiary/aromatic N) is 3. The Hall–Kier alpha value is -4.01. The number of unbranched alkanes of at least 4 members (excludes halogenated alkanes) is 1. The molecule has 8 heteroatoms. The van der Waals surface area contributed by atoms with Gasteiger partial charge in [0.1, 0.15) is 6.10 Å². The summed E-state index contributed by atoms with van der Waals surface area (Å²) in [6, 6.07) is 27.8. The van der Waals surface area contributed by atoms with E-state index in [4.69, 9.17) is 9.84 Å². The molecule has 4 aromatic rings. The minimum atomic E-state index is -1.04. The average molecular weight is 556 g/mol. The first kappa shape index (κ1) is 28.5. The first-order chi connectivity index (χ1) is 20.0. The number of rotatable bonds is 12. The van der Waals surface area contributed by atoms with Crippen molar-refractivity contribution >= 4 is 16.9 Å². The van der Waals surface area contributed by atoms with Crippen LogP contribution in [0.1, 0.15) is 49.3 Å². The highest BCUT2D eigenvalue weighted by molar-refractivity contribution is 5.77. The predicted octanol–water partition coefficient (Wildman–Crippen LogP) is 4.69. The molecule has 5 rings (SSSR count). The van der Waals surface area contributed by atoms with Gasteiger partial charge in [-0.15, -0.1) is 0 Å². The monoisotopic (exact) mass is 555 g/mol. The number of para-hydroxylation sites is 1. The number of fused-ring (bicyclic) bond motifs is 1. The summed E-state index contributed by atoms with van der Waals surface area (Å²) < 4.78 is 9.35. The normalized spacial score (nSPS) is 14.6. The maximum atomic E-state index is 13.1. The third-order valence-electron chi connectivity index (χ3n) is 7.86. The summed E-state index contributed by atoms with van der Waals surface area (Å²) in [7, 11) is 0. The molecule has 1 N–H and O–H groups in total. The second kappa shape index (κ2) is 13.6. The smallest absolute Gasteiger partial charge is 0.331 e. The van der Waals surface area contributed by atoms with E-state index in [1.807, 2.05) is 18.2 Å². The molecule has 1 aliphatic rings. The first-order valence-corrected chi connectivity index (χ1v) is 14.4. The number of ether oxygens (including phenoxy) is 1. The summed E-state index contributed by atoms with van der Waals surface area (Å²) >= 11 is 0. The van der Waals surface area contributed by atoms with Gasteiger partial charge in [-0.25, -0.2) is 4.79 Å². The molecule has 0 saturated carbocycles. The molecule has 0 atom stereocenters. The van der Waals surface area contributed by atoms with Gasteiger partial charge in [0, 0.05) is 26.2 Å². The molecule has 8 nitrogen and oxygen atoms in total. The number of piperidine rings is 1. The Kier molecular flexibility index (Phi) is 9.44. The standard InChI is InChI=1S/C33H37N3O5/c37-30(38)19-24-36-32(39)28-15-7-8-16-29(28)35(33(36)40)21-10-9-20-34-22-17-27(18-23-34)41-31(25-11-3-1-4-12-25)26-13-5-2-6-14-26/h1-8,11-16,27,31H,9-10,17-24H2,(H,37,38). The van der Waals surface area contributed by atoms with Crippen LogP contribution in [-0.4, -0.2) is 50.8 Å². The lowest BCUT2D eigenvalue weighted by Crippen LogP contribution is -2.40. The van der Waals surface area contributed by atoms with E-state index in [2.05, 4.69) is 53.4 Å². The lowest BCUT2D eigenvalue weighted by atomic mass is 10.00. The molecule has 0 unspecified atom stereocenters. The van der Waals surface area contributed by atoms with Crippen LogP contribution in [0.15, 0.2) is 94.5 Å². The molecule has 3 aromatic carbocycles. The highest BCUT2D eigenvalue weighted by atomic mass is 16.5. The minimum absolute atomic E-state index is 0.0825. The van der Waals surface area contributed by atoms with Crippen LogP contribution in [0.5, 0.6) is 0 Å². The van der Waals surface area contributed by atoms with Crippen molar-refractivity contribution in [2.24, 2.45) is 0 Å². The van der Waals surface area contributed by atoms with Crippen LogP contribution in [0.25, 0.3) is 10.9 Å². The summed E-state index contributed by atoms with van der Waals surface area (Å²) in [4.78, 5) is 39.5. The zero-order valence-electron chi connectivity index (χ0n) is 23.2. The molecular weight excluding hydrogens is 518 g/mol. The second-order valence-electron chi connectivity index (χ2n) is 10.6. The molecule has 0 amide bonds. The molecule has 0 bridgehead atoms. The quantitative estimate of drug-likeness (QED) is 0.255. The number of likely N-dealkylation sites (tertiary alicyclic amines) is 1. The van der Waals surface area contributed by atoms with E-state index in [9.17, 15) is 14.4 Å². The molecule has 1 fully saturated rings. The summed E-state index contributed by atoms with van der Waals surface area (Å²) in [6.45, 7) is 3.19. The number of carbonyl (C=O) groups is 1. The zero-order valence-corrected chi connectivity index (χ0v) is 23.2. The van der Waals surface area contributed by atoms with Crippen LogP contribution in [0.3, 0.4) is 0 Å². The predicted molar refractivity (Wildman–Crippen MR) is 159 cm³/mol. The number of aryl methyl sites for hydroxylation is 1. The van der Waals surface area contributed by atoms with E-state index in [1.165, 1.54) is 0 Å². The third kappa shape index (κ3) is 7.01. The lowest BCUT2D eigenvalue weighted by Gasteiger charge is -2.34. The van der Waals surface area contributed by atoms with Crippen molar-refractivity contribution in [3.63, 3.8) is 0 Å². The second-order valence-corrected chi connectivity index (χ2v) is 10.6. The Morgan fingerprint density at radius 1 is 0.780 bits per heavy atom. The summed E-state index contributed by atoms with van der Waals surface area (Å²) in [5.41, 5.74) is 2.05. The molecule has 214 valence electrons. The zero-order chi connectivity index (χ0) is 28.6. The van der Waals surface area contributed by atoms with Gasteiger partial charge in [0.25, 0.3) is 5.56 Å². The first-order valence-electron chi connectivity index (χ1n) is 14.4. The van der Waals surface area contributed by atoms with Crippen LogP contribution < -0.4 is 11.2 Å². The van der Waals surface area contributed by atoms with E-state index in [0.717, 1.165) is 61.0 Å². The Bertz CT molecular complexity index is 1520.